The highest BCUT2D eigenvalue weighted by molar-refractivity contribution is 5.94. The van der Waals surface area contributed by atoms with Gasteiger partial charge in [0.2, 0.25) is 5.91 Å². The predicted molar refractivity (Wildman–Crippen MR) is 106 cm³/mol. The van der Waals surface area contributed by atoms with Gasteiger partial charge in [-0.2, -0.15) is 0 Å². The maximum absolute atomic E-state index is 12.9. The van der Waals surface area contributed by atoms with E-state index >= 15 is 0 Å². The van der Waals surface area contributed by atoms with E-state index in [-0.39, 0.29) is 17.7 Å². The molecule has 0 saturated carbocycles. The summed E-state index contributed by atoms with van der Waals surface area (Å²) < 4.78 is 5.01. The summed E-state index contributed by atoms with van der Waals surface area (Å²) in [6, 6.07) is 1.70. The third kappa shape index (κ3) is 4.58. The predicted octanol–water partition coefficient (Wildman–Crippen LogP) is 1.37. The molecular weight excluding hydrogens is 356 g/mol. The first-order chi connectivity index (χ1) is 13.7. The topological polar surface area (TPSA) is 60.2 Å². The van der Waals surface area contributed by atoms with Gasteiger partial charge in [0.05, 0.1) is 11.8 Å². The van der Waals surface area contributed by atoms with Crippen molar-refractivity contribution in [2.75, 3.05) is 65.4 Å². The number of furan rings is 1. The molecule has 3 aliphatic heterocycles. The van der Waals surface area contributed by atoms with E-state index in [4.69, 9.17) is 4.42 Å². The molecule has 0 bridgehead atoms. The minimum absolute atomic E-state index is 0.00580. The smallest absolute Gasteiger partial charge is 0.257 e. The highest BCUT2D eigenvalue weighted by atomic mass is 16.3. The fourth-order valence-corrected chi connectivity index (χ4v) is 4.64. The van der Waals surface area contributed by atoms with Gasteiger partial charge in [-0.15, -0.1) is 0 Å². The molecule has 1 aromatic rings. The van der Waals surface area contributed by atoms with Crippen LogP contribution in [-0.4, -0.2) is 96.9 Å². The van der Waals surface area contributed by atoms with Crippen LogP contribution in [0.2, 0.25) is 0 Å². The van der Waals surface area contributed by atoms with Gasteiger partial charge in [0, 0.05) is 58.3 Å². The largest absolute Gasteiger partial charge is 0.472 e. The van der Waals surface area contributed by atoms with E-state index in [1.807, 2.05) is 9.80 Å². The molecule has 4 heterocycles. The van der Waals surface area contributed by atoms with Gasteiger partial charge in [-0.05, 0) is 44.8 Å². The lowest BCUT2D eigenvalue weighted by molar-refractivity contribution is -0.138. The van der Waals surface area contributed by atoms with Crippen LogP contribution in [-0.2, 0) is 4.79 Å². The summed E-state index contributed by atoms with van der Waals surface area (Å²) in [5.74, 6) is 0.352. The van der Waals surface area contributed by atoms with Crippen LogP contribution in [0.5, 0.6) is 0 Å². The van der Waals surface area contributed by atoms with Crippen LogP contribution in [0, 0.1) is 5.92 Å². The Morgan fingerprint density at radius 3 is 2.11 bits per heavy atom. The zero-order chi connectivity index (χ0) is 19.3. The van der Waals surface area contributed by atoms with Crippen molar-refractivity contribution in [3.05, 3.63) is 24.2 Å². The molecule has 0 unspecified atom stereocenters. The number of likely N-dealkylation sites (tertiary alicyclic amines) is 2. The lowest BCUT2D eigenvalue weighted by atomic mass is 9.94. The normalized spacial score (nSPS) is 22.7. The van der Waals surface area contributed by atoms with Gasteiger partial charge >= 0.3 is 0 Å². The first-order valence-electron chi connectivity index (χ1n) is 10.8. The second-order valence-corrected chi connectivity index (χ2v) is 8.29. The van der Waals surface area contributed by atoms with Crippen molar-refractivity contribution < 1.29 is 14.0 Å². The van der Waals surface area contributed by atoms with Crippen molar-refractivity contribution in [1.29, 1.82) is 0 Å². The quantitative estimate of drug-likeness (QED) is 0.763. The molecule has 0 atom stereocenters. The second-order valence-electron chi connectivity index (χ2n) is 8.29. The summed E-state index contributed by atoms with van der Waals surface area (Å²) in [6.45, 7) is 9.73. The maximum atomic E-state index is 12.9. The van der Waals surface area contributed by atoms with E-state index < -0.39 is 0 Å². The van der Waals surface area contributed by atoms with Crippen LogP contribution >= 0.6 is 0 Å². The van der Waals surface area contributed by atoms with E-state index in [1.54, 1.807) is 6.07 Å². The molecule has 1 aromatic heterocycles. The lowest BCUT2D eigenvalue weighted by Gasteiger charge is -2.39. The molecule has 7 nitrogen and oxygen atoms in total. The fraction of sp³-hybridized carbons (Fsp3) is 0.714. The summed E-state index contributed by atoms with van der Waals surface area (Å²) in [5.41, 5.74) is 0.592. The van der Waals surface area contributed by atoms with Crippen LogP contribution < -0.4 is 0 Å². The summed E-state index contributed by atoms with van der Waals surface area (Å²) in [6.07, 6.45) is 7.22. The summed E-state index contributed by atoms with van der Waals surface area (Å²) in [4.78, 5) is 34.2. The Kier molecular flexibility index (Phi) is 6.32. The number of nitrogens with zero attached hydrogens (tertiary/aromatic N) is 4. The van der Waals surface area contributed by atoms with E-state index in [9.17, 15) is 9.59 Å². The van der Waals surface area contributed by atoms with Crippen molar-refractivity contribution in [2.45, 2.75) is 25.7 Å². The van der Waals surface area contributed by atoms with Gasteiger partial charge in [-0.3, -0.25) is 14.5 Å². The monoisotopic (exact) mass is 388 g/mol. The Labute approximate surface area is 167 Å². The molecule has 0 radical (unpaired) electrons. The summed E-state index contributed by atoms with van der Waals surface area (Å²) >= 11 is 0. The van der Waals surface area contributed by atoms with Crippen LogP contribution in [0.3, 0.4) is 0 Å². The molecule has 2 amide bonds. The Hall–Kier alpha value is -1.86. The van der Waals surface area contributed by atoms with Crippen molar-refractivity contribution >= 4 is 11.8 Å². The Bertz CT molecular complexity index is 641. The minimum atomic E-state index is 0.00580. The Balaban J connectivity index is 1.18. The van der Waals surface area contributed by atoms with Crippen LogP contribution in [0.25, 0.3) is 0 Å². The number of hydrogen-bond acceptors (Lipinski definition) is 5. The van der Waals surface area contributed by atoms with E-state index in [2.05, 4.69) is 9.80 Å². The van der Waals surface area contributed by atoms with Crippen molar-refractivity contribution in [1.82, 2.24) is 19.6 Å². The zero-order valence-electron chi connectivity index (χ0n) is 16.7. The molecule has 3 saturated heterocycles. The molecule has 0 aromatic carbocycles. The van der Waals surface area contributed by atoms with Gasteiger partial charge in [-0.25, -0.2) is 0 Å². The van der Waals surface area contributed by atoms with Gasteiger partial charge in [-0.1, -0.05) is 0 Å². The van der Waals surface area contributed by atoms with Crippen LogP contribution in [0.15, 0.2) is 23.0 Å². The lowest BCUT2D eigenvalue weighted by Crippen LogP contribution is -2.52. The van der Waals surface area contributed by atoms with Crippen molar-refractivity contribution in [2.24, 2.45) is 5.92 Å². The average molecular weight is 389 g/mol. The number of rotatable bonds is 5. The van der Waals surface area contributed by atoms with E-state index in [0.29, 0.717) is 18.7 Å². The van der Waals surface area contributed by atoms with Crippen LogP contribution in [0.1, 0.15) is 36.0 Å². The molecule has 3 aliphatic rings. The van der Waals surface area contributed by atoms with E-state index in [1.165, 1.54) is 38.5 Å². The number of carbonyl (C=O) groups excluding carboxylic acids is 2. The Morgan fingerprint density at radius 1 is 0.857 bits per heavy atom. The van der Waals surface area contributed by atoms with Crippen LogP contribution in [0.4, 0.5) is 0 Å². The zero-order valence-corrected chi connectivity index (χ0v) is 16.7. The number of hydrogen-bond donors (Lipinski definition) is 0. The van der Waals surface area contributed by atoms with Gasteiger partial charge < -0.3 is 19.1 Å². The second kappa shape index (κ2) is 9.09. The third-order valence-corrected chi connectivity index (χ3v) is 6.51. The molecule has 0 N–H and O–H groups in total. The molecular formula is C21H32N4O3. The fourth-order valence-electron chi connectivity index (χ4n) is 4.64. The maximum Gasteiger partial charge on any atom is 0.257 e. The molecule has 4 rings (SSSR count). The average Bonchev–Trinajstić information content (AvgIpc) is 3.46. The standard InChI is InChI=1S/C21H32N4O3/c26-20(18-3-8-24(9-4-18)21(27)19-5-16-28-17-19)25-14-12-23(13-15-25)11-10-22-6-1-2-7-22/h5,16-18H,1-4,6-15H2. The molecule has 3 fully saturated rings. The first kappa shape index (κ1) is 19.5. The van der Waals surface area contributed by atoms with Crippen molar-refractivity contribution in [3.63, 3.8) is 0 Å². The summed E-state index contributed by atoms with van der Waals surface area (Å²) in [7, 11) is 0. The summed E-state index contributed by atoms with van der Waals surface area (Å²) in [5, 5.41) is 0. The molecule has 154 valence electrons. The first-order valence-corrected chi connectivity index (χ1v) is 10.8. The number of piperidine rings is 1. The highest BCUT2D eigenvalue weighted by Gasteiger charge is 2.32. The highest BCUT2D eigenvalue weighted by Crippen LogP contribution is 2.22. The van der Waals surface area contributed by atoms with Gasteiger partial charge in [0.15, 0.2) is 0 Å². The molecule has 0 spiro atoms. The number of amides is 2. The number of piperazine rings is 1. The third-order valence-electron chi connectivity index (χ3n) is 6.51. The Morgan fingerprint density at radius 2 is 1.50 bits per heavy atom. The molecule has 7 heteroatoms. The van der Waals surface area contributed by atoms with E-state index in [0.717, 1.165) is 52.1 Å². The van der Waals surface area contributed by atoms with Crippen molar-refractivity contribution in [3.8, 4) is 0 Å². The van der Waals surface area contributed by atoms with Gasteiger partial charge in [0.1, 0.15) is 6.26 Å². The number of carbonyl (C=O) groups is 2. The van der Waals surface area contributed by atoms with Gasteiger partial charge in [0.25, 0.3) is 5.91 Å². The molecule has 28 heavy (non-hydrogen) atoms. The SMILES string of the molecule is O=C(c1ccoc1)N1CCC(C(=O)N2CCN(CCN3CCCC3)CC2)CC1. The molecule has 0 aliphatic carbocycles. The minimum Gasteiger partial charge on any atom is -0.472 e.